The molecule has 0 aliphatic carbocycles. The van der Waals surface area contributed by atoms with Crippen LogP contribution in [0.5, 0.6) is 0 Å². The van der Waals surface area contributed by atoms with Crippen LogP contribution in [0.15, 0.2) is 21.9 Å². The Bertz CT molecular complexity index is 580. The molecule has 0 bridgehead atoms. The van der Waals surface area contributed by atoms with Crippen LogP contribution in [0.25, 0.3) is 0 Å². The molecule has 0 radical (unpaired) electrons. The average molecular weight is 325 g/mol. The lowest BCUT2D eigenvalue weighted by Gasteiger charge is -2.05. The molecule has 1 aromatic carbocycles. The highest BCUT2D eigenvalue weighted by molar-refractivity contribution is 8.14. The largest absolute Gasteiger partial charge is 0.398 e. The molecule has 2 N–H and O–H groups in total. The molecule has 0 aliphatic heterocycles. The van der Waals surface area contributed by atoms with E-state index in [-0.39, 0.29) is 10.7 Å². The van der Waals surface area contributed by atoms with Crippen molar-refractivity contribution in [2.75, 3.05) is 5.73 Å². The highest BCUT2D eigenvalue weighted by atomic mass is 35.7. The second-order valence-corrected chi connectivity index (χ2v) is 8.17. The molecule has 10 heteroatoms. The summed E-state index contributed by atoms with van der Waals surface area (Å²) >= 11 is 5.55. The number of anilines is 1. The van der Waals surface area contributed by atoms with Gasteiger partial charge in [0, 0.05) is 21.4 Å². The molecule has 5 nitrogen and oxygen atoms in total. The Morgan fingerprint density at radius 2 is 1.38 bits per heavy atom. The Morgan fingerprint density at radius 1 is 0.938 bits per heavy atom. The van der Waals surface area contributed by atoms with Crippen molar-refractivity contribution in [2.24, 2.45) is 0 Å². The standard InChI is InChI=1S/C6H4Cl3NO4S2/c7-3-1-6(16(9,13)14)4(10)2-5(3)15(8,11)12/h1-2H,10H2. The minimum absolute atomic E-state index is 0.348. The van der Waals surface area contributed by atoms with Gasteiger partial charge in [0.25, 0.3) is 18.1 Å². The van der Waals surface area contributed by atoms with Gasteiger partial charge < -0.3 is 5.73 Å². The smallest absolute Gasteiger partial charge is 0.263 e. The molecule has 0 atom stereocenters. The van der Waals surface area contributed by atoms with E-state index in [1.165, 1.54) is 0 Å². The zero-order valence-electron chi connectivity index (χ0n) is 7.32. The average Bonchev–Trinajstić information content (AvgIpc) is 2.04. The molecule has 0 spiro atoms. The van der Waals surface area contributed by atoms with E-state index in [4.69, 9.17) is 38.7 Å². The van der Waals surface area contributed by atoms with Gasteiger partial charge in [-0.2, -0.15) is 0 Å². The van der Waals surface area contributed by atoms with E-state index in [9.17, 15) is 16.8 Å². The SMILES string of the molecule is Nc1cc(S(=O)(=O)Cl)c(Cl)cc1S(=O)(=O)Cl. The summed E-state index contributed by atoms with van der Waals surface area (Å²) < 4.78 is 44.0. The maximum atomic E-state index is 11.0. The van der Waals surface area contributed by atoms with Crippen LogP contribution in [0.2, 0.25) is 5.02 Å². The lowest BCUT2D eigenvalue weighted by atomic mass is 10.3. The highest BCUT2D eigenvalue weighted by Gasteiger charge is 2.22. The van der Waals surface area contributed by atoms with Crippen molar-refractivity contribution in [3.05, 3.63) is 17.2 Å². The van der Waals surface area contributed by atoms with E-state index in [0.717, 1.165) is 12.1 Å². The number of halogens is 3. The summed E-state index contributed by atoms with van der Waals surface area (Å²) in [7, 11) is 1.92. The fourth-order valence-electron chi connectivity index (χ4n) is 0.949. The molecule has 0 unspecified atom stereocenters. The first-order valence-electron chi connectivity index (χ1n) is 3.52. The lowest BCUT2D eigenvalue weighted by Crippen LogP contribution is -2.02. The number of hydrogen-bond donors (Lipinski definition) is 1. The predicted molar refractivity (Wildman–Crippen MR) is 61.9 cm³/mol. The molecule has 16 heavy (non-hydrogen) atoms. The quantitative estimate of drug-likeness (QED) is 0.661. The normalized spacial score (nSPS) is 12.7. The van der Waals surface area contributed by atoms with Crippen LogP contribution in [-0.4, -0.2) is 16.8 Å². The van der Waals surface area contributed by atoms with Crippen molar-refractivity contribution >= 4 is 56.8 Å². The Kier molecular flexibility index (Phi) is 3.66. The highest BCUT2D eigenvalue weighted by Crippen LogP contribution is 2.32. The van der Waals surface area contributed by atoms with Crippen molar-refractivity contribution in [1.29, 1.82) is 0 Å². The van der Waals surface area contributed by atoms with Gasteiger partial charge in [0.15, 0.2) is 0 Å². The van der Waals surface area contributed by atoms with Crippen molar-refractivity contribution in [1.82, 2.24) is 0 Å². The van der Waals surface area contributed by atoms with Gasteiger partial charge in [-0.15, -0.1) is 0 Å². The van der Waals surface area contributed by atoms with Crippen LogP contribution in [0.1, 0.15) is 0 Å². The molecule has 90 valence electrons. The first-order chi connectivity index (χ1) is 7.03. The van der Waals surface area contributed by atoms with Gasteiger partial charge in [-0.25, -0.2) is 16.8 Å². The maximum absolute atomic E-state index is 11.0. The van der Waals surface area contributed by atoms with E-state index in [1.54, 1.807) is 0 Å². The molecule has 1 rings (SSSR count). The fraction of sp³-hybridized carbons (Fsp3) is 0. The topological polar surface area (TPSA) is 94.3 Å². The Labute approximate surface area is 106 Å². The van der Waals surface area contributed by atoms with Crippen molar-refractivity contribution in [3.8, 4) is 0 Å². The van der Waals surface area contributed by atoms with Crippen molar-refractivity contribution < 1.29 is 16.8 Å². The lowest BCUT2D eigenvalue weighted by molar-refractivity contribution is 0.606. The van der Waals surface area contributed by atoms with Gasteiger partial charge in [0.1, 0.15) is 9.79 Å². The summed E-state index contributed by atoms with van der Waals surface area (Å²) in [4.78, 5) is -0.944. The monoisotopic (exact) mass is 323 g/mol. The first kappa shape index (κ1) is 13.9. The number of nitrogens with two attached hydrogens (primary N) is 1. The summed E-state index contributed by atoms with van der Waals surface area (Å²) in [6.07, 6.45) is 0. The molecule has 0 heterocycles. The summed E-state index contributed by atoms with van der Waals surface area (Å²) in [6.45, 7) is 0. The predicted octanol–water partition coefficient (Wildman–Crippen LogP) is 1.78. The van der Waals surface area contributed by atoms with Gasteiger partial charge in [0.2, 0.25) is 0 Å². The van der Waals surface area contributed by atoms with Gasteiger partial charge >= 0.3 is 0 Å². The third-order valence-electron chi connectivity index (χ3n) is 1.59. The second kappa shape index (κ2) is 4.23. The van der Waals surface area contributed by atoms with Gasteiger partial charge in [0.05, 0.1) is 10.7 Å². The van der Waals surface area contributed by atoms with E-state index in [0.29, 0.717) is 0 Å². The van der Waals surface area contributed by atoms with E-state index >= 15 is 0 Å². The molecule has 0 amide bonds. The Morgan fingerprint density at radius 3 is 1.75 bits per heavy atom. The summed E-state index contributed by atoms with van der Waals surface area (Å²) in [5.74, 6) is 0. The van der Waals surface area contributed by atoms with Crippen LogP contribution in [0, 0.1) is 0 Å². The zero-order chi connectivity index (χ0) is 12.7. The van der Waals surface area contributed by atoms with Crippen LogP contribution in [0.4, 0.5) is 5.69 Å². The van der Waals surface area contributed by atoms with Crippen molar-refractivity contribution in [2.45, 2.75) is 9.79 Å². The summed E-state index contributed by atoms with van der Waals surface area (Å²) in [5.41, 5.74) is 4.98. The Balaban J connectivity index is 3.65. The third-order valence-corrected chi connectivity index (χ3v) is 4.75. The van der Waals surface area contributed by atoms with E-state index < -0.39 is 27.9 Å². The number of rotatable bonds is 2. The van der Waals surface area contributed by atoms with Gasteiger partial charge in [-0.05, 0) is 12.1 Å². The number of nitrogen functional groups attached to an aromatic ring is 1. The molecule has 0 saturated heterocycles. The molecular formula is C6H4Cl3NO4S2. The van der Waals surface area contributed by atoms with E-state index in [1.807, 2.05) is 0 Å². The minimum atomic E-state index is -4.10. The zero-order valence-corrected chi connectivity index (χ0v) is 11.2. The van der Waals surface area contributed by atoms with E-state index in [2.05, 4.69) is 0 Å². The van der Waals surface area contributed by atoms with Gasteiger partial charge in [-0.1, -0.05) is 11.6 Å². The fourth-order valence-corrected chi connectivity index (χ4v) is 3.54. The molecule has 1 aromatic rings. The molecular weight excluding hydrogens is 321 g/mol. The van der Waals surface area contributed by atoms with Crippen molar-refractivity contribution in [3.63, 3.8) is 0 Å². The van der Waals surface area contributed by atoms with Crippen LogP contribution < -0.4 is 5.73 Å². The van der Waals surface area contributed by atoms with Crippen LogP contribution in [-0.2, 0) is 18.1 Å². The van der Waals surface area contributed by atoms with Crippen LogP contribution >= 0.6 is 33.0 Å². The maximum Gasteiger partial charge on any atom is 0.263 e. The third kappa shape index (κ3) is 2.92. The molecule has 0 saturated carbocycles. The minimum Gasteiger partial charge on any atom is -0.398 e. The molecule has 0 aromatic heterocycles. The first-order valence-corrected chi connectivity index (χ1v) is 8.51. The summed E-state index contributed by atoms with van der Waals surface area (Å²) in [6, 6.07) is 1.66. The van der Waals surface area contributed by atoms with Gasteiger partial charge in [-0.3, -0.25) is 0 Å². The second-order valence-electron chi connectivity index (χ2n) is 2.70. The molecule has 0 aliphatic rings. The van der Waals surface area contributed by atoms with Crippen LogP contribution in [0.3, 0.4) is 0 Å². The number of hydrogen-bond acceptors (Lipinski definition) is 5. The number of benzene rings is 1. The summed E-state index contributed by atoms with van der Waals surface area (Å²) in [5, 5.41) is -0.372. The Hall–Kier alpha value is -0.210. The molecule has 0 fully saturated rings.